The predicted octanol–water partition coefficient (Wildman–Crippen LogP) is 4.84. The van der Waals surface area contributed by atoms with Gasteiger partial charge in [-0.25, -0.2) is 13.6 Å². The highest BCUT2D eigenvalue weighted by atomic mass is 19.1. The van der Waals surface area contributed by atoms with E-state index in [-0.39, 0.29) is 29.0 Å². The molecule has 9 nitrogen and oxygen atoms in total. The van der Waals surface area contributed by atoms with Crippen LogP contribution in [-0.2, 0) is 21.4 Å². The predicted molar refractivity (Wildman–Crippen MR) is 185 cm³/mol. The molecular formula is C38H52F2N6O3. The number of alkyl carbamates (subject to hydrolysis) is 1. The van der Waals surface area contributed by atoms with Crippen LogP contribution in [0.2, 0.25) is 0 Å². The number of rotatable bonds is 11. The molecule has 266 valence electrons. The molecule has 3 heterocycles. The minimum Gasteiger partial charge on any atom is -0.453 e. The van der Waals surface area contributed by atoms with Gasteiger partial charge >= 0.3 is 6.09 Å². The van der Waals surface area contributed by atoms with Crippen LogP contribution in [0.15, 0.2) is 36.4 Å². The molecular weight excluding hydrogens is 626 g/mol. The van der Waals surface area contributed by atoms with Crippen molar-refractivity contribution in [2.45, 2.75) is 50.1 Å². The van der Waals surface area contributed by atoms with Gasteiger partial charge in [-0.15, -0.1) is 0 Å². The summed E-state index contributed by atoms with van der Waals surface area (Å²) in [5, 5.41) is 12.7. The number of nitriles is 1. The number of carbonyl (C=O) groups is 1. The summed E-state index contributed by atoms with van der Waals surface area (Å²) < 4.78 is 41.4. The third-order valence-corrected chi connectivity index (χ3v) is 11.6. The second kappa shape index (κ2) is 15.7. The van der Waals surface area contributed by atoms with E-state index >= 15 is 8.78 Å². The number of piperidine rings is 1. The van der Waals surface area contributed by atoms with Gasteiger partial charge in [-0.2, -0.15) is 5.26 Å². The fourth-order valence-electron chi connectivity index (χ4n) is 9.26. The Morgan fingerprint density at radius 1 is 1.06 bits per heavy atom. The molecule has 2 aromatic carbocycles. The third-order valence-electron chi connectivity index (χ3n) is 11.6. The number of nitrogens with zero attached hydrogens (tertiary/aromatic N) is 5. The van der Waals surface area contributed by atoms with Crippen molar-refractivity contribution in [1.82, 2.24) is 20.0 Å². The first kappa shape index (κ1) is 35.5. The van der Waals surface area contributed by atoms with Crippen LogP contribution in [-0.4, -0.2) is 114 Å². The van der Waals surface area contributed by atoms with Crippen LogP contribution < -0.4 is 10.2 Å². The van der Waals surface area contributed by atoms with E-state index in [0.29, 0.717) is 48.4 Å². The summed E-state index contributed by atoms with van der Waals surface area (Å²) in [6.07, 6.45) is 4.42. The second-order valence-corrected chi connectivity index (χ2v) is 14.8. The van der Waals surface area contributed by atoms with Crippen molar-refractivity contribution in [2.24, 2.45) is 17.8 Å². The van der Waals surface area contributed by atoms with Crippen molar-refractivity contribution in [2.75, 3.05) is 91.7 Å². The van der Waals surface area contributed by atoms with E-state index in [1.165, 1.54) is 13.2 Å². The molecule has 0 radical (unpaired) electrons. The van der Waals surface area contributed by atoms with Gasteiger partial charge in [-0.1, -0.05) is 18.6 Å². The molecule has 0 spiro atoms. The van der Waals surface area contributed by atoms with E-state index in [9.17, 15) is 10.1 Å². The number of methoxy groups -OCH3 is 1. The monoisotopic (exact) mass is 678 g/mol. The molecule has 0 aromatic heterocycles. The van der Waals surface area contributed by atoms with Gasteiger partial charge in [-0.3, -0.25) is 4.90 Å². The smallest absolute Gasteiger partial charge is 0.407 e. The summed E-state index contributed by atoms with van der Waals surface area (Å²) in [5.74, 6) is 0.382. The lowest BCUT2D eigenvalue weighted by molar-refractivity contribution is -0.00681. The molecule has 2 aromatic rings. The highest BCUT2D eigenvalue weighted by molar-refractivity contribution is 5.67. The number of likely N-dealkylation sites (tertiary alicyclic amines) is 1. The van der Waals surface area contributed by atoms with Crippen molar-refractivity contribution in [3.05, 3.63) is 64.7 Å². The molecule has 3 atom stereocenters. The first-order valence-electron chi connectivity index (χ1n) is 18.0. The van der Waals surface area contributed by atoms with Gasteiger partial charge in [0.15, 0.2) is 5.82 Å². The number of halogens is 2. The number of anilines is 1. The summed E-state index contributed by atoms with van der Waals surface area (Å²) in [7, 11) is 5.17. The van der Waals surface area contributed by atoms with Crippen molar-refractivity contribution in [1.29, 1.82) is 5.26 Å². The van der Waals surface area contributed by atoms with Crippen LogP contribution in [0.5, 0.6) is 0 Å². The molecule has 1 amide bonds. The Hall–Kier alpha value is -3.30. The van der Waals surface area contributed by atoms with E-state index in [0.717, 1.165) is 90.0 Å². The Morgan fingerprint density at radius 2 is 1.82 bits per heavy atom. The molecule has 1 unspecified atom stereocenters. The van der Waals surface area contributed by atoms with E-state index in [2.05, 4.69) is 32.2 Å². The van der Waals surface area contributed by atoms with Gasteiger partial charge in [0.1, 0.15) is 5.82 Å². The molecule has 49 heavy (non-hydrogen) atoms. The highest BCUT2D eigenvalue weighted by Crippen LogP contribution is 2.51. The maximum atomic E-state index is 15.6. The fourth-order valence-corrected chi connectivity index (χ4v) is 9.26. The third kappa shape index (κ3) is 7.73. The number of carbonyl (C=O) groups excluding carboxylic acids is 1. The SMILES string of the molecule is COC(=O)N[C@H]1CCC[C@@H]1C(CN1CCOCC1)(c1cccc(F)c1)C1CCN(CC2CN(c3ccc(C#N)c(CN(C)C)c3F)C2)CC1. The lowest BCUT2D eigenvalue weighted by atomic mass is 9.58. The number of amides is 1. The second-order valence-electron chi connectivity index (χ2n) is 14.8. The molecule has 0 bridgehead atoms. The zero-order valence-corrected chi connectivity index (χ0v) is 29.3. The maximum absolute atomic E-state index is 15.6. The highest BCUT2D eigenvalue weighted by Gasteiger charge is 2.53. The summed E-state index contributed by atoms with van der Waals surface area (Å²) in [5.41, 5.74) is 2.12. The Balaban J connectivity index is 1.18. The molecule has 11 heteroatoms. The van der Waals surface area contributed by atoms with Gasteiger partial charge < -0.3 is 29.5 Å². The van der Waals surface area contributed by atoms with Crippen LogP contribution >= 0.6 is 0 Å². The minimum absolute atomic E-state index is 0.0448. The van der Waals surface area contributed by atoms with E-state index < -0.39 is 6.09 Å². The van der Waals surface area contributed by atoms with Crippen molar-refractivity contribution in [3.8, 4) is 6.07 Å². The Bertz CT molecular complexity index is 1480. The molecule has 1 saturated carbocycles. The normalized spacial score (nSPS) is 24.0. The number of morpholine rings is 1. The zero-order chi connectivity index (χ0) is 34.5. The van der Waals surface area contributed by atoms with Crippen molar-refractivity contribution in [3.63, 3.8) is 0 Å². The zero-order valence-electron chi connectivity index (χ0n) is 29.3. The van der Waals surface area contributed by atoms with Gasteiger partial charge in [0, 0.05) is 68.8 Å². The molecule has 1 N–H and O–H groups in total. The standard InChI is InChI=1S/C38H52F2N6O3/c1-43(2)25-32-28(21-41)10-11-35(36(32)40)46-23-27(24-46)22-44-14-12-29(13-15-44)38(26-45-16-18-49-19-17-45,30-6-4-7-31(39)20-30)33-8-5-9-34(33)42-37(47)48-3/h4,6-7,10-11,20,27,29,33-34H,5,8-9,12-19,22-26H2,1-3H3,(H,42,47)/t33-,34-,38?/m0/s1. The van der Waals surface area contributed by atoms with Crippen molar-refractivity contribution >= 4 is 11.8 Å². The summed E-state index contributed by atoms with van der Waals surface area (Å²) in [6.45, 7) is 8.67. The molecule has 1 aliphatic carbocycles. The average molecular weight is 679 g/mol. The topological polar surface area (TPSA) is 84.3 Å². The minimum atomic E-state index is -0.407. The Morgan fingerprint density at radius 3 is 2.49 bits per heavy atom. The van der Waals surface area contributed by atoms with Crippen molar-refractivity contribution < 1.29 is 23.0 Å². The van der Waals surface area contributed by atoms with Crippen LogP contribution in [0.4, 0.5) is 19.3 Å². The lowest BCUT2D eigenvalue weighted by Crippen LogP contribution is -2.59. The van der Waals surface area contributed by atoms with Gasteiger partial charge in [0.25, 0.3) is 0 Å². The molecule has 6 rings (SSSR count). The van der Waals surface area contributed by atoms with Gasteiger partial charge in [0.2, 0.25) is 0 Å². The maximum Gasteiger partial charge on any atom is 0.407 e. The Kier molecular flexibility index (Phi) is 11.4. The fraction of sp³-hybridized carbons (Fsp3) is 0.632. The number of nitrogens with one attached hydrogen (secondary N) is 1. The number of hydrogen-bond donors (Lipinski definition) is 1. The largest absolute Gasteiger partial charge is 0.453 e. The van der Waals surface area contributed by atoms with E-state index in [1.54, 1.807) is 18.2 Å². The number of benzene rings is 2. The van der Waals surface area contributed by atoms with Crippen LogP contribution in [0.1, 0.15) is 48.8 Å². The first-order valence-corrected chi connectivity index (χ1v) is 18.0. The molecule has 4 fully saturated rings. The first-order chi connectivity index (χ1) is 23.7. The quantitative estimate of drug-likeness (QED) is 0.362. The van der Waals surface area contributed by atoms with Gasteiger partial charge in [0.05, 0.1) is 37.6 Å². The molecule has 4 aliphatic rings. The van der Waals surface area contributed by atoms with E-state index in [1.807, 2.05) is 25.1 Å². The Labute approximate surface area is 290 Å². The summed E-state index contributed by atoms with van der Waals surface area (Å²) >= 11 is 0. The van der Waals surface area contributed by atoms with Gasteiger partial charge in [-0.05, 0) is 94.5 Å². The molecule has 3 aliphatic heterocycles. The van der Waals surface area contributed by atoms with Crippen LogP contribution in [0.25, 0.3) is 0 Å². The van der Waals surface area contributed by atoms with E-state index in [4.69, 9.17) is 9.47 Å². The molecule has 3 saturated heterocycles. The average Bonchev–Trinajstić information content (AvgIpc) is 3.55. The number of hydrogen-bond acceptors (Lipinski definition) is 8. The number of ether oxygens (including phenoxy) is 2. The summed E-state index contributed by atoms with van der Waals surface area (Å²) in [6, 6.07) is 12.8. The van der Waals surface area contributed by atoms with Crippen LogP contribution in [0, 0.1) is 40.7 Å². The van der Waals surface area contributed by atoms with Crippen LogP contribution in [0.3, 0.4) is 0 Å². The lowest BCUT2D eigenvalue weighted by Gasteiger charge is -2.53. The summed E-state index contributed by atoms with van der Waals surface area (Å²) in [4.78, 5) is 21.6.